The molecule has 0 aliphatic carbocycles. The van der Waals surface area contributed by atoms with Crippen LogP contribution in [0.2, 0.25) is 0 Å². The zero-order chi connectivity index (χ0) is 22.5. The van der Waals surface area contributed by atoms with Crippen LogP contribution in [0, 0.1) is 10.1 Å². The molecule has 0 atom stereocenters. The van der Waals surface area contributed by atoms with Crippen molar-refractivity contribution in [3.8, 4) is 0 Å². The van der Waals surface area contributed by atoms with Crippen LogP contribution in [0.15, 0.2) is 73.1 Å². The molecule has 1 amide bonds. The Labute approximate surface area is 188 Å². The second-order valence-electron chi connectivity index (χ2n) is 7.12. The molecule has 32 heavy (non-hydrogen) atoms. The van der Waals surface area contributed by atoms with Crippen molar-refractivity contribution in [3.63, 3.8) is 0 Å². The molecule has 0 bridgehead atoms. The van der Waals surface area contributed by atoms with E-state index in [1.165, 1.54) is 35.1 Å². The molecule has 0 aliphatic heterocycles. The van der Waals surface area contributed by atoms with Crippen molar-refractivity contribution >= 4 is 44.4 Å². The molecule has 8 heteroatoms. The first kappa shape index (κ1) is 21.3. The Morgan fingerprint density at radius 1 is 1.16 bits per heavy atom. The number of carbonyl (C=O) groups excluding carboxylic acids is 1. The second-order valence-corrected chi connectivity index (χ2v) is 8.13. The number of nitro benzene ring substituents is 1. The number of anilines is 1. The quantitative estimate of drug-likeness (QED) is 0.216. The van der Waals surface area contributed by atoms with Crippen molar-refractivity contribution in [2.75, 3.05) is 4.90 Å². The molecular weight excluding hydrogens is 424 g/mol. The van der Waals surface area contributed by atoms with Gasteiger partial charge in [0.2, 0.25) is 0 Å². The first-order chi connectivity index (χ1) is 15.5. The van der Waals surface area contributed by atoms with Gasteiger partial charge in [0.05, 0.1) is 21.7 Å². The van der Waals surface area contributed by atoms with E-state index in [-0.39, 0.29) is 11.6 Å². The summed E-state index contributed by atoms with van der Waals surface area (Å²) in [5, 5.41) is 11.6. The Morgan fingerprint density at radius 2 is 2.03 bits per heavy atom. The van der Waals surface area contributed by atoms with Gasteiger partial charge in [0.1, 0.15) is 0 Å². The fraction of sp³-hybridized carbons (Fsp3) is 0.125. The maximum Gasteiger partial charge on any atom is 0.270 e. The molecule has 160 valence electrons. The summed E-state index contributed by atoms with van der Waals surface area (Å²) in [6.45, 7) is 2.41. The zero-order valence-electron chi connectivity index (χ0n) is 17.3. The molecule has 0 spiro atoms. The molecule has 0 N–H and O–H groups in total. The van der Waals surface area contributed by atoms with Crippen molar-refractivity contribution < 1.29 is 9.72 Å². The summed E-state index contributed by atoms with van der Waals surface area (Å²) in [6.07, 6.45) is 7.31. The van der Waals surface area contributed by atoms with Gasteiger partial charge in [-0.3, -0.25) is 24.8 Å². The summed E-state index contributed by atoms with van der Waals surface area (Å²) >= 11 is 1.46. The number of carbonyl (C=O) groups is 1. The largest absolute Gasteiger partial charge is 0.280 e. The number of rotatable bonds is 7. The second kappa shape index (κ2) is 9.49. The van der Waals surface area contributed by atoms with Crippen LogP contribution < -0.4 is 4.90 Å². The number of hydrogen-bond acceptors (Lipinski definition) is 6. The van der Waals surface area contributed by atoms with Crippen molar-refractivity contribution in [1.82, 2.24) is 9.97 Å². The Bertz CT molecular complexity index is 1300. The number of hydrogen-bond donors (Lipinski definition) is 0. The number of benzene rings is 2. The molecular formula is C24H20N4O3S. The fourth-order valence-electron chi connectivity index (χ4n) is 3.21. The van der Waals surface area contributed by atoms with Gasteiger partial charge in [0.15, 0.2) is 5.13 Å². The Kier molecular flexibility index (Phi) is 6.32. The van der Waals surface area contributed by atoms with E-state index in [1.807, 2.05) is 24.3 Å². The van der Waals surface area contributed by atoms with Crippen LogP contribution in [-0.2, 0) is 17.8 Å². The van der Waals surface area contributed by atoms with Gasteiger partial charge in [-0.2, -0.15) is 0 Å². The number of non-ortho nitro benzene ring substituents is 1. The van der Waals surface area contributed by atoms with E-state index < -0.39 is 4.92 Å². The Balaban J connectivity index is 1.67. The smallest absolute Gasteiger partial charge is 0.270 e. The molecule has 0 fully saturated rings. The van der Waals surface area contributed by atoms with E-state index in [0.717, 1.165) is 22.2 Å². The predicted octanol–water partition coefficient (Wildman–Crippen LogP) is 5.41. The number of nitrogens with zero attached hydrogens (tertiary/aromatic N) is 4. The maximum absolute atomic E-state index is 13.2. The average molecular weight is 445 g/mol. The SMILES string of the molecule is CCc1ccc2nc(N(Cc3cccnc3)C(=O)/C=C/c3cccc([N+](=O)[O-])c3)sc2c1. The molecule has 0 unspecified atom stereocenters. The van der Waals surface area contributed by atoms with Gasteiger partial charge in [-0.25, -0.2) is 4.98 Å². The van der Waals surface area contributed by atoms with E-state index in [1.54, 1.807) is 35.5 Å². The van der Waals surface area contributed by atoms with Gasteiger partial charge in [-0.05, 0) is 47.4 Å². The highest BCUT2D eigenvalue weighted by Gasteiger charge is 2.19. The lowest BCUT2D eigenvalue weighted by atomic mass is 10.2. The molecule has 4 rings (SSSR count). The lowest BCUT2D eigenvalue weighted by molar-refractivity contribution is -0.384. The van der Waals surface area contributed by atoms with Crippen LogP contribution in [-0.4, -0.2) is 20.8 Å². The summed E-state index contributed by atoms with van der Waals surface area (Å²) in [4.78, 5) is 34.2. The highest BCUT2D eigenvalue weighted by atomic mass is 32.1. The third-order valence-electron chi connectivity index (χ3n) is 4.91. The summed E-state index contributed by atoms with van der Waals surface area (Å²) < 4.78 is 1.02. The van der Waals surface area contributed by atoms with Crippen LogP contribution in [0.1, 0.15) is 23.6 Å². The number of fused-ring (bicyclic) bond motifs is 1. The number of amides is 1. The van der Waals surface area contributed by atoms with Crippen molar-refractivity contribution in [3.05, 3.63) is 99.9 Å². The molecule has 7 nitrogen and oxygen atoms in total. The first-order valence-corrected chi connectivity index (χ1v) is 10.9. The zero-order valence-corrected chi connectivity index (χ0v) is 18.2. The number of aryl methyl sites for hydroxylation is 1. The molecule has 2 aromatic heterocycles. The maximum atomic E-state index is 13.2. The van der Waals surface area contributed by atoms with Gasteiger partial charge in [-0.1, -0.05) is 42.5 Å². The normalized spacial score (nSPS) is 11.2. The first-order valence-electron chi connectivity index (χ1n) is 10.1. The highest BCUT2D eigenvalue weighted by molar-refractivity contribution is 7.22. The number of aromatic nitrogens is 2. The third kappa shape index (κ3) is 4.87. The van der Waals surface area contributed by atoms with E-state index in [9.17, 15) is 14.9 Å². The van der Waals surface area contributed by atoms with Gasteiger partial charge in [-0.15, -0.1) is 0 Å². The molecule has 0 aliphatic rings. The Hall–Kier alpha value is -3.91. The van der Waals surface area contributed by atoms with E-state index in [2.05, 4.69) is 23.0 Å². The van der Waals surface area contributed by atoms with Gasteiger partial charge in [0.25, 0.3) is 11.6 Å². The summed E-state index contributed by atoms with van der Waals surface area (Å²) in [6, 6.07) is 16.0. The summed E-state index contributed by atoms with van der Waals surface area (Å²) in [7, 11) is 0. The predicted molar refractivity (Wildman–Crippen MR) is 127 cm³/mol. The minimum absolute atomic E-state index is 0.0234. The third-order valence-corrected chi connectivity index (χ3v) is 5.95. The lowest BCUT2D eigenvalue weighted by Crippen LogP contribution is -2.28. The van der Waals surface area contributed by atoms with Crippen LogP contribution in [0.25, 0.3) is 16.3 Å². The summed E-state index contributed by atoms with van der Waals surface area (Å²) in [5.74, 6) is -0.268. The molecule has 0 radical (unpaired) electrons. The molecule has 4 aromatic rings. The molecule has 2 aromatic carbocycles. The minimum atomic E-state index is -0.459. The van der Waals surface area contributed by atoms with Gasteiger partial charge < -0.3 is 0 Å². The number of pyridine rings is 1. The minimum Gasteiger partial charge on any atom is -0.280 e. The van der Waals surface area contributed by atoms with Crippen molar-refractivity contribution in [2.24, 2.45) is 0 Å². The standard InChI is InChI=1S/C24H20N4O3S/c1-2-17-8-10-21-22(14-17)32-24(26-21)27(16-19-6-4-12-25-15-19)23(29)11-9-18-5-3-7-20(13-18)28(30)31/h3-15H,2,16H2,1H3/b11-9+. The van der Waals surface area contributed by atoms with Crippen LogP contribution in [0.4, 0.5) is 10.8 Å². The van der Waals surface area contributed by atoms with Gasteiger partial charge >= 0.3 is 0 Å². The monoisotopic (exact) mass is 444 g/mol. The van der Waals surface area contributed by atoms with Crippen LogP contribution >= 0.6 is 11.3 Å². The highest BCUT2D eigenvalue weighted by Crippen LogP contribution is 2.31. The number of thiazole rings is 1. The molecule has 0 saturated carbocycles. The summed E-state index contributed by atoms with van der Waals surface area (Å²) in [5.41, 5.74) is 3.48. The van der Waals surface area contributed by atoms with Crippen LogP contribution in [0.3, 0.4) is 0 Å². The van der Waals surface area contributed by atoms with E-state index in [4.69, 9.17) is 0 Å². The molecule has 0 saturated heterocycles. The number of nitro groups is 1. The van der Waals surface area contributed by atoms with Crippen molar-refractivity contribution in [2.45, 2.75) is 19.9 Å². The molecule has 2 heterocycles. The Morgan fingerprint density at radius 3 is 2.78 bits per heavy atom. The van der Waals surface area contributed by atoms with E-state index in [0.29, 0.717) is 17.2 Å². The van der Waals surface area contributed by atoms with Gasteiger partial charge in [0, 0.05) is 30.6 Å². The van der Waals surface area contributed by atoms with E-state index >= 15 is 0 Å². The van der Waals surface area contributed by atoms with Crippen molar-refractivity contribution in [1.29, 1.82) is 0 Å². The fourth-order valence-corrected chi connectivity index (χ4v) is 4.24. The lowest BCUT2D eigenvalue weighted by Gasteiger charge is -2.18. The average Bonchev–Trinajstić information content (AvgIpc) is 3.24. The topological polar surface area (TPSA) is 89.2 Å². The van der Waals surface area contributed by atoms with Crippen LogP contribution in [0.5, 0.6) is 0 Å².